The van der Waals surface area contributed by atoms with Gasteiger partial charge in [0.1, 0.15) is 10.7 Å². The lowest BCUT2D eigenvalue weighted by Gasteiger charge is -2.18. The molecule has 0 spiro atoms. The van der Waals surface area contributed by atoms with Gasteiger partial charge in [-0.15, -0.1) is 0 Å². The smallest absolute Gasteiger partial charge is 0.340 e. The number of nitrogens with zero attached hydrogens (tertiary/aromatic N) is 1. The number of esters is 1. The molecule has 2 aromatic rings. The molecule has 0 saturated heterocycles. The number of amides is 2. The first kappa shape index (κ1) is 19.6. The number of para-hydroxylation sites is 2. The molecule has 144 valence electrons. The zero-order valence-corrected chi connectivity index (χ0v) is 16.0. The van der Waals surface area contributed by atoms with Crippen molar-refractivity contribution in [2.24, 2.45) is 0 Å². The minimum atomic E-state index is -0.695. The third-order valence-corrected chi connectivity index (χ3v) is 4.52. The topological polar surface area (TPSA) is 75.7 Å². The highest BCUT2D eigenvalue weighted by Gasteiger charge is 2.40. The van der Waals surface area contributed by atoms with Crippen molar-refractivity contribution < 1.29 is 19.1 Å². The van der Waals surface area contributed by atoms with E-state index in [9.17, 15) is 14.4 Å². The first-order valence-electron chi connectivity index (χ1n) is 8.91. The highest BCUT2D eigenvalue weighted by Crippen LogP contribution is 2.32. The number of nitrogens with one attached hydrogen (secondary N) is 1. The number of benzene rings is 2. The maximum atomic E-state index is 12.9. The summed E-state index contributed by atoms with van der Waals surface area (Å²) in [5.41, 5.74) is 0.852. The molecule has 0 bridgehead atoms. The van der Waals surface area contributed by atoms with Gasteiger partial charge < -0.3 is 10.1 Å². The molecular formula is C21H19ClN2O4. The molecule has 0 unspecified atom stereocenters. The summed E-state index contributed by atoms with van der Waals surface area (Å²) in [6.45, 7) is 2.25. The van der Waals surface area contributed by atoms with Crippen LogP contribution >= 0.6 is 11.6 Å². The highest BCUT2D eigenvalue weighted by molar-refractivity contribution is 6.53. The van der Waals surface area contributed by atoms with E-state index in [0.717, 1.165) is 17.7 Å². The number of ether oxygens (including phenoxy) is 1. The van der Waals surface area contributed by atoms with Crippen LogP contribution in [0.1, 0.15) is 30.1 Å². The van der Waals surface area contributed by atoms with Crippen LogP contribution in [0, 0.1) is 0 Å². The van der Waals surface area contributed by atoms with E-state index in [2.05, 4.69) is 5.32 Å². The van der Waals surface area contributed by atoms with Gasteiger partial charge in [-0.05, 0) is 30.7 Å². The average Bonchev–Trinajstić information content (AvgIpc) is 2.92. The summed E-state index contributed by atoms with van der Waals surface area (Å²) >= 11 is 6.14. The molecule has 7 heteroatoms. The predicted molar refractivity (Wildman–Crippen MR) is 107 cm³/mol. The molecule has 1 heterocycles. The summed E-state index contributed by atoms with van der Waals surface area (Å²) in [6.07, 6.45) is 1.61. The minimum absolute atomic E-state index is 0.0352. The van der Waals surface area contributed by atoms with E-state index in [1.165, 1.54) is 12.1 Å². The number of anilines is 2. The number of unbranched alkanes of at least 4 members (excludes halogenated alkanes) is 1. The van der Waals surface area contributed by atoms with Crippen molar-refractivity contribution in [2.45, 2.75) is 19.8 Å². The summed E-state index contributed by atoms with van der Waals surface area (Å²) in [5, 5.41) is 2.65. The Labute approximate surface area is 167 Å². The van der Waals surface area contributed by atoms with Crippen LogP contribution in [0.2, 0.25) is 0 Å². The van der Waals surface area contributed by atoms with Crippen molar-refractivity contribution in [1.82, 2.24) is 0 Å². The molecule has 2 aromatic carbocycles. The number of carbonyl (C=O) groups excluding carboxylic acids is 3. The molecule has 28 heavy (non-hydrogen) atoms. The molecule has 1 aliphatic heterocycles. The van der Waals surface area contributed by atoms with Crippen molar-refractivity contribution in [1.29, 1.82) is 0 Å². The van der Waals surface area contributed by atoms with Gasteiger partial charge in [0.25, 0.3) is 11.8 Å². The van der Waals surface area contributed by atoms with Crippen LogP contribution in [0.5, 0.6) is 0 Å². The molecule has 2 amide bonds. The molecule has 0 atom stereocenters. The maximum absolute atomic E-state index is 12.9. The second-order valence-electron chi connectivity index (χ2n) is 6.13. The SMILES string of the molecule is CCCCOC(=O)c1ccccc1N1C(=O)C(Cl)=C(Nc2ccccc2)C1=O. The molecule has 0 saturated carbocycles. The van der Waals surface area contributed by atoms with Gasteiger partial charge in [0.15, 0.2) is 0 Å². The van der Waals surface area contributed by atoms with E-state index in [0.29, 0.717) is 5.69 Å². The molecule has 0 radical (unpaired) electrons. The molecule has 1 aliphatic rings. The summed E-state index contributed by atoms with van der Waals surface area (Å²) in [5.74, 6) is -1.92. The van der Waals surface area contributed by atoms with Gasteiger partial charge in [0.2, 0.25) is 0 Å². The predicted octanol–water partition coefficient (Wildman–Crippen LogP) is 4.08. The summed E-state index contributed by atoms with van der Waals surface area (Å²) < 4.78 is 5.24. The van der Waals surface area contributed by atoms with E-state index >= 15 is 0 Å². The van der Waals surface area contributed by atoms with E-state index in [4.69, 9.17) is 16.3 Å². The Bertz CT molecular complexity index is 940. The van der Waals surface area contributed by atoms with Gasteiger partial charge in [-0.2, -0.15) is 0 Å². The Balaban J connectivity index is 1.88. The Kier molecular flexibility index (Phi) is 6.11. The van der Waals surface area contributed by atoms with Gasteiger partial charge in [0.05, 0.1) is 17.9 Å². The fourth-order valence-electron chi connectivity index (χ4n) is 2.72. The van der Waals surface area contributed by atoms with Crippen molar-refractivity contribution >= 4 is 40.8 Å². The molecule has 0 aromatic heterocycles. The maximum Gasteiger partial charge on any atom is 0.340 e. The third kappa shape index (κ3) is 3.92. The van der Waals surface area contributed by atoms with Crippen LogP contribution in [-0.2, 0) is 14.3 Å². The first-order valence-corrected chi connectivity index (χ1v) is 9.29. The Hall–Kier alpha value is -3.12. The fraction of sp³-hybridized carbons (Fsp3) is 0.190. The average molecular weight is 399 g/mol. The van der Waals surface area contributed by atoms with Crippen LogP contribution in [0.4, 0.5) is 11.4 Å². The lowest BCUT2D eigenvalue weighted by atomic mass is 10.1. The summed E-state index contributed by atoms with van der Waals surface area (Å²) in [7, 11) is 0. The number of hydrogen-bond donors (Lipinski definition) is 1. The molecule has 3 rings (SSSR count). The largest absolute Gasteiger partial charge is 0.462 e. The lowest BCUT2D eigenvalue weighted by Crippen LogP contribution is -2.33. The quantitative estimate of drug-likeness (QED) is 0.432. The van der Waals surface area contributed by atoms with Crippen molar-refractivity contribution in [2.75, 3.05) is 16.8 Å². The minimum Gasteiger partial charge on any atom is -0.462 e. The van der Waals surface area contributed by atoms with Gasteiger partial charge in [0, 0.05) is 5.69 Å². The van der Waals surface area contributed by atoms with Gasteiger partial charge in [-0.3, -0.25) is 9.59 Å². The Morgan fingerprint density at radius 1 is 1.04 bits per heavy atom. The van der Waals surface area contributed by atoms with Gasteiger partial charge in [-0.25, -0.2) is 9.69 Å². The molecular weight excluding hydrogens is 380 g/mol. The van der Waals surface area contributed by atoms with E-state index < -0.39 is 17.8 Å². The monoisotopic (exact) mass is 398 g/mol. The Morgan fingerprint density at radius 3 is 2.43 bits per heavy atom. The van der Waals surface area contributed by atoms with Crippen LogP contribution in [0.15, 0.2) is 65.3 Å². The van der Waals surface area contributed by atoms with E-state index in [1.807, 2.05) is 13.0 Å². The van der Waals surface area contributed by atoms with Gasteiger partial charge in [-0.1, -0.05) is 55.3 Å². The third-order valence-electron chi connectivity index (χ3n) is 4.17. The summed E-state index contributed by atoms with van der Waals surface area (Å²) in [4.78, 5) is 38.9. The van der Waals surface area contributed by atoms with Crippen LogP contribution in [-0.4, -0.2) is 24.4 Å². The van der Waals surface area contributed by atoms with Crippen LogP contribution in [0.3, 0.4) is 0 Å². The van der Waals surface area contributed by atoms with Crippen molar-refractivity contribution in [3.05, 3.63) is 70.9 Å². The molecule has 6 nitrogen and oxygen atoms in total. The lowest BCUT2D eigenvalue weighted by molar-refractivity contribution is -0.120. The van der Waals surface area contributed by atoms with Crippen LogP contribution in [0.25, 0.3) is 0 Å². The second kappa shape index (κ2) is 8.71. The second-order valence-corrected chi connectivity index (χ2v) is 6.51. The van der Waals surface area contributed by atoms with Crippen molar-refractivity contribution in [3.8, 4) is 0 Å². The van der Waals surface area contributed by atoms with Crippen molar-refractivity contribution in [3.63, 3.8) is 0 Å². The number of rotatable bonds is 7. The molecule has 1 N–H and O–H groups in total. The zero-order chi connectivity index (χ0) is 20.1. The zero-order valence-electron chi connectivity index (χ0n) is 15.3. The van der Waals surface area contributed by atoms with E-state index in [-0.39, 0.29) is 28.6 Å². The Morgan fingerprint density at radius 2 is 1.71 bits per heavy atom. The number of halogens is 1. The molecule has 0 aliphatic carbocycles. The first-order chi connectivity index (χ1) is 13.5. The number of carbonyl (C=O) groups is 3. The van der Waals surface area contributed by atoms with Gasteiger partial charge >= 0.3 is 5.97 Å². The van der Waals surface area contributed by atoms with E-state index in [1.54, 1.807) is 36.4 Å². The number of imide groups is 1. The normalized spacial score (nSPS) is 13.9. The number of hydrogen-bond acceptors (Lipinski definition) is 5. The van der Waals surface area contributed by atoms with Crippen LogP contribution < -0.4 is 10.2 Å². The standard InChI is InChI=1S/C21H19ClN2O4/c1-2-3-13-28-21(27)15-11-7-8-12-16(15)24-19(25)17(22)18(20(24)26)23-14-9-5-4-6-10-14/h4-12,23H,2-3,13H2,1H3. The fourth-order valence-corrected chi connectivity index (χ4v) is 2.94. The summed E-state index contributed by atoms with van der Waals surface area (Å²) in [6, 6.07) is 15.2. The molecule has 0 fully saturated rings. The highest BCUT2D eigenvalue weighted by atomic mass is 35.5.